The van der Waals surface area contributed by atoms with E-state index in [0.29, 0.717) is 0 Å². The van der Waals surface area contributed by atoms with Crippen LogP contribution in [-0.2, 0) is 6.42 Å². The number of hydrogen-bond donors (Lipinski definition) is 0. The summed E-state index contributed by atoms with van der Waals surface area (Å²) in [5, 5.41) is 0. The van der Waals surface area contributed by atoms with Gasteiger partial charge >= 0.3 is 0 Å². The van der Waals surface area contributed by atoms with Gasteiger partial charge in [-0.25, -0.2) is 4.58 Å². The van der Waals surface area contributed by atoms with Crippen molar-refractivity contribution in [2.24, 2.45) is 0 Å². The molecule has 0 saturated carbocycles. The standard InChI is InChI=1S/C13H18NO2/c1-9-10-5-6-12(15-3)13(16-4)11(10)7-8-14(9)2/h5-6H,7-8H2,1-4H3/q+1. The van der Waals surface area contributed by atoms with Crippen LogP contribution in [0.15, 0.2) is 12.1 Å². The number of nitrogens with zero attached hydrogens (tertiary/aromatic N) is 1. The normalized spacial score (nSPS) is 14.8. The molecule has 1 aliphatic rings. The van der Waals surface area contributed by atoms with Gasteiger partial charge in [-0.3, -0.25) is 0 Å². The average molecular weight is 220 g/mol. The Hall–Kier alpha value is -1.51. The van der Waals surface area contributed by atoms with Gasteiger partial charge in [-0.15, -0.1) is 0 Å². The van der Waals surface area contributed by atoms with Crippen molar-refractivity contribution in [3.05, 3.63) is 23.3 Å². The van der Waals surface area contributed by atoms with Gasteiger partial charge in [-0.2, -0.15) is 0 Å². The lowest BCUT2D eigenvalue weighted by molar-refractivity contribution is -0.498. The first-order valence-electron chi connectivity index (χ1n) is 5.48. The monoisotopic (exact) mass is 220 g/mol. The summed E-state index contributed by atoms with van der Waals surface area (Å²) in [6.45, 7) is 3.17. The molecule has 0 N–H and O–H groups in total. The lowest BCUT2D eigenvalue weighted by Crippen LogP contribution is -2.25. The molecule has 1 aromatic carbocycles. The fourth-order valence-electron chi connectivity index (χ4n) is 2.23. The van der Waals surface area contributed by atoms with Crippen LogP contribution < -0.4 is 9.47 Å². The van der Waals surface area contributed by atoms with E-state index in [9.17, 15) is 0 Å². The third kappa shape index (κ3) is 1.56. The number of methoxy groups -OCH3 is 2. The summed E-state index contributed by atoms with van der Waals surface area (Å²) in [4.78, 5) is 0. The van der Waals surface area contributed by atoms with E-state index < -0.39 is 0 Å². The highest BCUT2D eigenvalue weighted by Gasteiger charge is 2.24. The van der Waals surface area contributed by atoms with Crippen molar-refractivity contribution < 1.29 is 14.0 Å². The number of benzene rings is 1. The summed E-state index contributed by atoms with van der Waals surface area (Å²) in [5.41, 5.74) is 3.83. The predicted molar refractivity (Wildman–Crippen MR) is 64.1 cm³/mol. The average Bonchev–Trinajstić information content (AvgIpc) is 2.32. The second kappa shape index (κ2) is 4.16. The lowest BCUT2D eigenvalue weighted by atomic mass is 9.96. The SMILES string of the molecule is COc1ccc2c(c1OC)CC[N+](C)=C2C. The topological polar surface area (TPSA) is 21.5 Å². The van der Waals surface area contributed by atoms with Crippen LogP contribution in [0.4, 0.5) is 0 Å². The second-order valence-corrected chi connectivity index (χ2v) is 4.08. The number of fused-ring (bicyclic) bond motifs is 1. The zero-order valence-corrected chi connectivity index (χ0v) is 10.3. The molecule has 1 aliphatic heterocycles. The molecule has 0 unspecified atom stereocenters. The van der Waals surface area contributed by atoms with Crippen molar-refractivity contribution in [3.8, 4) is 11.5 Å². The second-order valence-electron chi connectivity index (χ2n) is 4.08. The first kappa shape index (κ1) is 11.0. The molecule has 3 nitrogen and oxygen atoms in total. The van der Waals surface area contributed by atoms with E-state index in [2.05, 4.69) is 24.6 Å². The Morgan fingerprint density at radius 3 is 2.56 bits per heavy atom. The Kier molecular flexibility index (Phi) is 2.86. The van der Waals surface area contributed by atoms with Crippen LogP contribution in [0.3, 0.4) is 0 Å². The minimum absolute atomic E-state index is 0.818. The van der Waals surface area contributed by atoms with Gasteiger partial charge in [0.25, 0.3) is 0 Å². The van der Waals surface area contributed by atoms with Crippen molar-refractivity contribution in [1.82, 2.24) is 0 Å². The van der Waals surface area contributed by atoms with E-state index in [0.717, 1.165) is 24.5 Å². The van der Waals surface area contributed by atoms with E-state index in [1.165, 1.54) is 16.8 Å². The maximum atomic E-state index is 5.46. The summed E-state index contributed by atoms with van der Waals surface area (Å²) in [6.07, 6.45) is 1.00. The molecule has 0 spiro atoms. The van der Waals surface area contributed by atoms with E-state index in [1.807, 2.05) is 6.07 Å². The van der Waals surface area contributed by atoms with E-state index >= 15 is 0 Å². The maximum Gasteiger partial charge on any atom is 0.180 e. The molecule has 1 aromatic rings. The number of likely N-dealkylation sites (N-methyl/N-ethyl adjacent to an activating group) is 1. The van der Waals surface area contributed by atoms with Crippen LogP contribution >= 0.6 is 0 Å². The first-order chi connectivity index (χ1) is 7.69. The molecule has 0 atom stereocenters. The van der Waals surface area contributed by atoms with Gasteiger partial charge in [-0.05, 0) is 12.1 Å². The number of hydrogen-bond acceptors (Lipinski definition) is 2. The molecular formula is C13H18NO2+. The highest BCUT2D eigenvalue weighted by atomic mass is 16.5. The summed E-state index contributed by atoms with van der Waals surface area (Å²) < 4.78 is 13.0. The van der Waals surface area contributed by atoms with Gasteiger partial charge in [0.1, 0.15) is 13.6 Å². The lowest BCUT2D eigenvalue weighted by Gasteiger charge is -2.19. The summed E-state index contributed by atoms with van der Waals surface area (Å²) in [6, 6.07) is 4.09. The van der Waals surface area contributed by atoms with E-state index in [4.69, 9.17) is 9.47 Å². The zero-order valence-electron chi connectivity index (χ0n) is 10.3. The quantitative estimate of drug-likeness (QED) is 0.708. The van der Waals surface area contributed by atoms with Crippen LogP contribution in [0.1, 0.15) is 18.1 Å². The zero-order chi connectivity index (χ0) is 11.7. The Morgan fingerprint density at radius 2 is 1.94 bits per heavy atom. The predicted octanol–water partition coefficient (Wildman–Crippen LogP) is 1.71. The highest BCUT2D eigenvalue weighted by Crippen LogP contribution is 2.35. The molecule has 0 fully saturated rings. The maximum absolute atomic E-state index is 5.46. The van der Waals surface area contributed by atoms with Gasteiger partial charge in [0.05, 0.1) is 14.2 Å². The third-order valence-corrected chi connectivity index (χ3v) is 3.31. The molecule has 1 heterocycles. The minimum Gasteiger partial charge on any atom is -0.493 e. The van der Waals surface area contributed by atoms with Crippen molar-refractivity contribution in [2.45, 2.75) is 13.3 Å². The van der Waals surface area contributed by atoms with Crippen LogP contribution in [0.5, 0.6) is 11.5 Å². The number of ether oxygens (including phenoxy) is 2. The Morgan fingerprint density at radius 1 is 1.19 bits per heavy atom. The smallest absolute Gasteiger partial charge is 0.180 e. The fourth-order valence-corrected chi connectivity index (χ4v) is 2.23. The van der Waals surface area contributed by atoms with Crippen molar-refractivity contribution in [2.75, 3.05) is 27.8 Å². The van der Waals surface area contributed by atoms with Crippen molar-refractivity contribution >= 4 is 5.71 Å². The molecule has 0 saturated heterocycles. The molecular weight excluding hydrogens is 202 g/mol. The Balaban J connectivity index is 2.63. The minimum atomic E-state index is 0.818. The largest absolute Gasteiger partial charge is 0.493 e. The molecule has 0 aromatic heterocycles. The molecule has 2 rings (SSSR count). The van der Waals surface area contributed by atoms with E-state index in [1.54, 1.807) is 14.2 Å². The van der Waals surface area contributed by atoms with Gasteiger partial charge in [0, 0.05) is 24.5 Å². The molecule has 0 amide bonds. The first-order valence-corrected chi connectivity index (χ1v) is 5.48. The molecule has 3 heteroatoms. The van der Waals surface area contributed by atoms with E-state index in [-0.39, 0.29) is 0 Å². The molecule has 0 radical (unpaired) electrons. The van der Waals surface area contributed by atoms with Crippen molar-refractivity contribution in [3.63, 3.8) is 0 Å². The molecule has 0 aliphatic carbocycles. The molecule has 16 heavy (non-hydrogen) atoms. The van der Waals surface area contributed by atoms with Crippen LogP contribution in [-0.4, -0.2) is 38.1 Å². The van der Waals surface area contributed by atoms with Crippen LogP contribution in [0.2, 0.25) is 0 Å². The highest BCUT2D eigenvalue weighted by molar-refractivity contribution is 5.97. The van der Waals surface area contributed by atoms with Crippen LogP contribution in [0, 0.1) is 0 Å². The Labute approximate surface area is 96.3 Å². The summed E-state index contributed by atoms with van der Waals surface area (Å²) in [5.74, 6) is 1.70. The molecule has 0 bridgehead atoms. The summed E-state index contributed by atoms with van der Waals surface area (Å²) >= 11 is 0. The third-order valence-electron chi connectivity index (χ3n) is 3.31. The number of rotatable bonds is 2. The Bertz CT molecular complexity index is 449. The van der Waals surface area contributed by atoms with Crippen molar-refractivity contribution in [1.29, 1.82) is 0 Å². The molecule has 86 valence electrons. The fraction of sp³-hybridized carbons (Fsp3) is 0.462. The van der Waals surface area contributed by atoms with Crippen LogP contribution in [0.25, 0.3) is 0 Å². The van der Waals surface area contributed by atoms with Gasteiger partial charge < -0.3 is 9.47 Å². The summed E-state index contributed by atoms with van der Waals surface area (Å²) in [7, 11) is 5.50. The van der Waals surface area contributed by atoms with Gasteiger partial charge in [0.2, 0.25) is 0 Å². The van der Waals surface area contributed by atoms with Gasteiger partial charge in [0.15, 0.2) is 17.2 Å². The van der Waals surface area contributed by atoms with Gasteiger partial charge in [-0.1, -0.05) is 0 Å².